The summed E-state index contributed by atoms with van der Waals surface area (Å²) >= 11 is 0. The molecule has 1 fully saturated rings. The van der Waals surface area contributed by atoms with E-state index < -0.39 is 0 Å². The van der Waals surface area contributed by atoms with Crippen LogP contribution in [0.3, 0.4) is 0 Å². The molecular weight excluding hydrogens is 246 g/mol. The summed E-state index contributed by atoms with van der Waals surface area (Å²) in [6.45, 7) is 4.04. The van der Waals surface area contributed by atoms with E-state index in [9.17, 15) is 0 Å². The number of nitrogens with two attached hydrogens (primary N) is 1. The van der Waals surface area contributed by atoms with E-state index in [4.69, 9.17) is 15.6 Å². The molecule has 2 unspecified atom stereocenters. The maximum absolute atomic E-state index is 9.04. The van der Waals surface area contributed by atoms with Crippen molar-refractivity contribution in [2.45, 2.75) is 39.0 Å². The van der Waals surface area contributed by atoms with Crippen molar-refractivity contribution in [3.05, 3.63) is 12.7 Å². The van der Waals surface area contributed by atoms with E-state index in [1.807, 2.05) is 18.4 Å². The topological polar surface area (TPSA) is 99.1 Å². The van der Waals surface area contributed by atoms with E-state index in [2.05, 4.69) is 15.0 Å². The van der Waals surface area contributed by atoms with Gasteiger partial charge in [0.05, 0.1) is 19.0 Å². The highest BCUT2D eigenvalue weighted by Crippen LogP contribution is 2.30. The van der Waals surface area contributed by atoms with Crippen molar-refractivity contribution in [1.29, 1.82) is 0 Å². The first-order valence-electron chi connectivity index (χ1n) is 6.49. The Hall–Kier alpha value is -1.73. The molecule has 0 spiro atoms. The van der Waals surface area contributed by atoms with E-state index in [-0.39, 0.29) is 18.9 Å². The maximum atomic E-state index is 9.04. The van der Waals surface area contributed by atoms with E-state index in [0.717, 1.165) is 12.8 Å². The number of aliphatic hydroxyl groups is 1. The summed E-state index contributed by atoms with van der Waals surface area (Å²) in [5, 5.41) is 9.04. The minimum atomic E-state index is -0.133. The van der Waals surface area contributed by atoms with Crippen molar-refractivity contribution in [1.82, 2.24) is 19.5 Å². The predicted octanol–water partition coefficient (Wildman–Crippen LogP) is 1.10. The number of aromatic nitrogens is 4. The molecule has 0 bridgehead atoms. The third-order valence-corrected chi connectivity index (χ3v) is 2.99. The SMILES string of the molecule is CC.Nc1ncnc2c1ncn2C1CCC(CO)O1. The van der Waals surface area contributed by atoms with Crippen molar-refractivity contribution < 1.29 is 9.84 Å². The molecule has 104 valence electrons. The number of anilines is 1. The van der Waals surface area contributed by atoms with Crippen LogP contribution in [0.1, 0.15) is 32.9 Å². The predicted molar refractivity (Wildman–Crippen MR) is 71.3 cm³/mol. The van der Waals surface area contributed by atoms with Gasteiger partial charge in [-0.25, -0.2) is 15.0 Å². The van der Waals surface area contributed by atoms with Crippen molar-refractivity contribution >= 4 is 17.0 Å². The largest absolute Gasteiger partial charge is 0.394 e. The molecule has 0 aromatic carbocycles. The van der Waals surface area contributed by atoms with Gasteiger partial charge >= 0.3 is 0 Å². The number of nitrogen functional groups attached to an aromatic ring is 1. The van der Waals surface area contributed by atoms with Crippen LogP contribution in [0.4, 0.5) is 5.82 Å². The fourth-order valence-electron chi connectivity index (χ4n) is 2.11. The lowest BCUT2D eigenvalue weighted by Crippen LogP contribution is -2.14. The zero-order valence-electron chi connectivity index (χ0n) is 11.2. The molecule has 0 aliphatic carbocycles. The van der Waals surface area contributed by atoms with Crippen molar-refractivity contribution in [3.63, 3.8) is 0 Å². The van der Waals surface area contributed by atoms with Crippen LogP contribution in [0.5, 0.6) is 0 Å². The number of rotatable bonds is 2. The Morgan fingerprint density at radius 2 is 2.16 bits per heavy atom. The zero-order chi connectivity index (χ0) is 13.8. The van der Waals surface area contributed by atoms with Crippen LogP contribution >= 0.6 is 0 Å². The number of hydrogen-bond donors (Lipinski definition) is 2. The fraction of sp³-hybridized carbons (Fsp3) is 0.583. The van der Waals surface area contributed by atoms with E-state index >= 15 is 0 Å². The van der Waals surface area contributed by atoms with E-state index in [0.29, 0.717) is 17.0 Å². The molecule has 0 saturated carbocycles. The Kier molecular flexibility index (Phi) is 4.28. The van der Waals surface area contributed by atoms with E-state index in [1.54, 1.807) is 6.33 Å². The van der Waals surface area contributed by atoms with Gasteiger partial charge in [0.2, 0.25) is 0 Å². The van der Waals surface area contributed by atoms with Crippen LogP contribution in [0.15, 0.2) is 12.7 Å². The van der Waals surface area contributed by atoms with Crippen LogP contribution in [0.25, 0.3) is 11.2 Å². The summed E-state index contributed by atoms with van der Waals surface area (Å²) in [5.74, 6) is 0.366. The lowest BCUT2D eigenvalue weighted by atomic mass is 10.2. The summed E-state index contributed by atoms with van der Waals surface area (Å²) in [6.07, 6.45) is 4.50. The smallest absolute Gasteiger partial charge is 0.167 e. The van der Waals surface area contributed by atoms with Gasteiger partial charge in [-0.2, -0.15) is 0 Å². The number of nitrogens with zero attached hydrogens (tertiary/aromatic N) is 4. The van der Waals surface area contributed by atoms with Crippen molar-refractivity contribution in [3.8, 4) is 0 Å². The second-order valence-electron chi connectivity index (χ2n) is 4.06. The lowest BCUT2D eigenvalue weighted by Gasteiger charge is -2.13. The highest BCUT2D eigenvalue weighted by molar-refractivity contribution is 5.81. The zero-order valence-corrected chi connectivity index (χ0v) is 11.2. The van der Waals surface area contributed by atoms with Gasteiger partial charge in [0.1, 0.15) is 18.1 Å². The van der Waals surface area contributed by atoms with Gasteiger partial charge in [-0.05, 0) is 12.8 Å². The third kappa shape index (κ3) is 2.52. The van der Waals surface area contributed by atoms with Crippen LogP contribution in [-0.4, -0.2) is 37.3 Å². The first kappa shape index (κ1) is 13.7. The Labute approximate surface area is 111 Å². The van der Waals surface area contributed by atoms with Crippen LogP contribution < -0.4 is 5.73 Å². The van der Waals surface area contributed by atoms with Gasteiger partial charge in [-0.1, -0.05) is 13.8 Å². The molecule has 2 atom stereocenters. The number of fused-ring (bicyclic) bond motifs is 1. The highest BCUT2D eigenvalue weighted by atomic mass is 16.5. The maximum Gasteiger partial charge on any atom is 0.167 e. The molecule has 1 aliphatic heterocycles. The molecule has 1 aliphatic rings. The highest BCUT2D eigenvalue weighted by Gasteiger charge is 2.27. The Balaban J connectivity index is 0.000000637. The molecule has 1 saturated heterocycles. The van der Waals surface area contributed by atoms with Crippen LogP contribution in [0, 0.1) is 0 Å². The van der Waals surface area contributed by atoms with Crippen LogP contribution in [0.2, 0.25) is 0 Å². The molecule has 7 nitrogen and oxygen atoms in total. The van der Waals surface area contributed by atoms with Crippen LogP contribution in [-0.2, 0) is 4.74 Å². The number of ether oxygens (including phenoxy) is 1. The Morgan fingerprint density at radius 3 is 2.84 bits per heavy atom. The summed E-state index contributed by atoms with van der Waals surface area (Å²) in [7, 11) is 0. The number of imidazole rings is 1. The third-order valence-electron chi connectivity index (χ3n) is 2.99. The van der Waals surface area contributed by atoms with Gasteiger partial charge in [-0.3, -0.25) is 4.57 Å². The van der Waals surface area contributed by atoms with Gasteiger partial charge in [-0.15, -0.1) is 0 Å². The second-order valence-corrected chi connectivity index (χ2v) is 4.06. The average molecular weight is 265 g/mol. The standard InChI is InChI=1S/C10H13N5O2.C2H6/c11-9-8-10(13-4-12-9)15(5-14-8)7-2-1-6(3-16)17-7;1-2/h4-7,16H,1-3H2,(H2,11,12,13);1-2H3. The molecule has 0 radical (unpaired) electrons. The van der Waals surface area contributed by atoms with E-state index in [1.165, 1.54) is 6.33 Å². The monoisotopic (exact) mass is 265 g/mol. The van der Waals surface area contributed by atoms with Gasteiger partial charge in [0.15, 0.2) is 11.5 Å². The molecule has 3 rings (SSSR count). The Morgan fingerprint density at radius 1 is 1.37 bits per heavy atom. The fourth-order valence-corrected chi connectivity index (χ4v) is 2.11. The second kappa shape index (κ2) is 5.94. The molecule has 3 heterocycles. The molecule has 3 N–H and O–H groups in total. The molecule has 19 heavy (non-hydrogen) atoms. The van der Waals surface area contributed by atoms with Gasteiger partial charge < -0.3 is 15.6 Å². The number of aliphatic hydroxyl groups excluding tert-OH is 1. The normalized spacial score (nSPS) is 22.3. The summed E-state index contributed by atoms with van der Waals surface area (Å²) in [5.41, 5.74) is 6.97. The lowest BCUT2D eigenvalue weighted by molar-refractivity contribution is -0.0207. The van der Waals surface area contributed by atoms with Gasteiger partial charge in [0.25, 0.3) is 0 Å². The average Bonchev–Trinajstić information content (AvgIpc) is 3.07. The summed E-state index contributed by atoms with van der Waals surface area (Å²) in [4.78, 5) is 12.2. The molecule has 0 amide bonds. The quantitative estimate of drug-likeness (QED) is 0.843. The number of hydrogen-bond acceptors (Lipinski definition) is 6. The molecule has 7 heteroatoms. The minimum Gasteiger partial charge on any atom is -0.394 e. The Bertz CT molecular complexity index is 542. The van der Waals surface area contributed by atoms with Gasteiger partial charge in [0, 0.05) is 0 Å². The molecule has 2 aromatic rings. The first-order valence-corrected chi connectivity index (χ1v) is 6.49. The molecule has 2 aromatic heterocycles. The van der Waals surface area contributed by atoms with Crippen molar-refractivity contribution in [2.75, 3.05) is 12.3 Å². The van der Waals surface area contributed by atoms with Crippen molar-refractivity contribution in [2.24, 2.45) is 0 Å². The minimum absolute atomic E-state index is 0.0419. The first-order chi connectivity index (χ1) is 9.29. The summed E-state index contributed by atoms with van der Waals surface area (Å²) < 4.78 is 7.51. The summed E-state index contributed by atoms with van der Waals surface area (Å²) in [6, 6.07) is 0. The molecular formula is C12H19N5O2.